The molecule has 5 nitrogen and oxygen atoms in total. The van der Waals surface area contributed by atoms with Gasteiger partial charge < -0.3 is 14.9 Å². The first-order valence-corrected chi connectivity index (χ1v) is 7.32. The van der Waals surface area contributed by atoms with Gasteiger partial charge in [-0.25, -0.2) is 0 Å². The Hall–Kier alpha value is -2.53. The van der Waals surface area contributed by atoms with E-state index in [1.165, 1.54) is 31.2 Å². The van der Waals surface area contributed by atoms with Crippen molar-refractivity contribution in [2.75, 3.05) is 0 Å². The molecule has 0 bridgehead atoms. The summed E-state index contributed by atoms with van der Waals surface area (Å²) < 4.78 is 5.16. The molecule has 0 fully saturated rings. The van der Waals surface area contributed by atoms with Crippen LogP contribution in [0.25, 0.3) is 0 Å². The zero-order valence-electron chi connectivity index (χ0n) is 12.2. The highest BCUT2D eigenvalue weighted by molar-refractivity contribution is 6.32. The second kappa shape index (κ2) is 5.59. The van der Waals surface area contributed by atoms with Gasteiger partial charge in [0, 0.05) is 11.5 Å². The molecular weight excluding hydrogens is 320 g/mol. The topological polar surface area (TPSA) is 83.8 Å². The van der Waals surface area contributed by atoms with Crippen molar-refractivity contribution in [2.45, 2.75) is 19.3 Å². The maximum Gasteiger partial charge on any atom is 0.312 e. The van der Waals surface area contributed by atoms with Gasteiger partial charge in [-0.3, -0.25) is 9.59 Å². The number of halogens is 1. The molecule has 118 valence electrons. The third-order valence-electron chi connectivity index (χ3n) is 3.87. The first-order valence-electron chi connectivity index (χ1n) is 6.94. The van der Waals surface area contributed by atoms with Crippen LogP contribution in [0.4, 0.5) is 0 Å². The second-order valence-electron chi connectivity index (χ2n) is 5.37. The number of ether oxygens (including phenoxy) is 1. The molecule has 0 aliphatic carbocycles. The SMILES string of the molecule is CC(=O)c1ccc2c(c1O)[C@@H](c1ccc(O)c(Cl)c1)CC(=O)O2. The Morgan fingerprint density at radius 1 is 1.26 bits per heavy atom. The summed E-state index contributed by atoms with van der Waals surface area (Å²) in [5.41, 5.74) is 1.18. The summed E-state index contributed by atoms with van der Waals surface area (Å²) in [6.07, 6.45) is 0.00300. The van der Waals surface area contributed by atoms with E-state index in [-0.39, 0.29) is 40.0 Å². The Labute approximate surface area is 137 Å². The lowest BCUT2D eigenvalue weighted by Gasteiger charge is -2.26. The number of phenols is 2. The van der Waals surface area contributed by atoms with Gasteiger partial charge in [0.2, 0.25) is 0 Å². The van der Waals surface area contributed by atoms with Gasteiger partial charge in [-0.2, -0.15) is 0 Å². The van der Waals surface area contributed by atoms with Gasteiger partial charge in [0.25, 0.3) is 0 Å². The lowest BCUT2D eigenvalue weighted by Crippen LogP contribution is -2.21. The highest BCUT2D eigenvalue weighted by Gasteiger charge is 2.33. The number of phenolic OH excluding ortho intramolecular Hbond substituents is 2. The summed E-state index contributed by atoms with van der Waals surface area (Å²) in [6, 6.07) is 7.49. The van der Waals surface area contributed by atoms with Gasteiger partial charge in [-0.15, -0.1) is 0 Å². The van der Waals surface area contributed by atoms with Gasteiger partial charge in [0.05, 0.1) is 17.0 Å². The van der Waals surface area contributed by atoms with E-state index >= 15 is 0 Å². The van der Waals surface area contributed by atoms with E-state index in [1.807, 2.05) is 0 Å². The van der Waals surface area contributed by atoms with E-state index in [9.17, 15) is 19.8 Å². The summed E-state index contributed by atoms with van der Waals surface area (Å²) in [5.74, 6) is -1.29. The van der Waals surface area contributed by atoms with Crippen LogP contribution in [0.5, 0.6) is 17.2 Å². The summed E-state index contributed by atoms with van der Waals surface area (Å²) in [5, 5.41) is 20.1. The van der Waals surface area contributed by atoms with Gasteiger partial charge >= 0.3 is 5.97 Å². The summed E-state index contributed by atoms with van der Waals surface area (Å²) >= 11 is 5.94. The fourth-order valence-corrected chi connectivity index (χ4v) is 2.95. The third-order valence-corrected chi connectivity index (χ3v) is 4.18. The highest BCUT2D eigenvalue weighted by Crippen LogP contribution is 2.46. The molecule has 1 atom stereocenters. The van der Waals surface area contributed by atoms with Crippen molar-refractivity contribution < 1.29 is 24.5 Å². The molecule has 0 radical (unpaired) electrons. The normalized spacial score (nSPS) is 16.6. The molecule has 1 heterocycles. The quantitative estimate of drug-likeness (QED) is 0.500. The fourth-order valence-electron chi connectivity index (χ4n) is 2.76. The number of Topliss-reactive ketones (excluding diaryl/α,β-unsaturated/α-hetero) is 1. The largest absolute Gasteiger partial charge is 0.507 e. The third kappa shape index (κ3) is 2.64. The van der Waals surface area contributed by atoms with Crippen LogP contribution < -0.4 is 4.74 Å². The molecule has 1 aliphatic heterocycles. The van der Waals surface area contributed by atoms with Crippen LogP contribution in [0.1, 0.15) is 40.7 Å². The minimum atomic E-state index is -0.511. The maximum absolute atomic E-state index is 11.8. The van der Waals surface area contributed by atoms with Crippen LogP contribution in [-0.4, -0.2) is 22.0 Å². The number of carbonyl (C=O) groups excluding carboxylic acids is 2. The summed E-state index contributed by atoms with van der Waals surface area (Å²) in [6.45, 7) is 1.35. The smallest absolute Gasteiger partial charge is 0.312 e. The zero-order valence-corrected chi connectivity index (χ0v) is 12.9. The van der Waals surface area contributed by atoms with Crippen LogP contribution >= 0.6 is 11.6 Å². The molecule has 1 aliphatic rings. The van der Waals surface area contributed by atoms with Gasteiger partial charge in [-0.1, -0.05) is 17.7 Å². The standard InChI is InChI=1S/C17H13ClO5/c1-8(19)10-3-5-14-16(17(10)22)11(7-15(21)23-14)9-2-4-13(20)12(18)6-9/h2-6,11,20,22H,7H2,1H3/t11-/m1/s1. The molecule has 0 unspecified atom stereocenters. The number of aromatic hydroxyl groups is 2. The Morgan fingerprint density at radius 3 is 2.65 bits per heavy atom. The van der Waals surface area contributed by atoms with E-state index < -0.39 is 11.9 Å². The lowest BCUT2D eigenvalue weighted by atomic mass is 9.84. The van der Waals surface area contributed by atoms with Crippen molar-refractivity contribution in [1.82, 2.24) is 0 Å². The average molecular weight is 333 g/mol. The Balaban J connectivity index is 2.20. The number of esters is 1. The number of hydrogen-bond donors (Lipinski definition) is 2. The minimum absolute atomic E-state index is 0.00300. The van der Waals surface area contributed by atoms with Gasteiger partial charge in [0.1, 0.15) is 17.2 Å². The van der Waals surface area contributed by atoms with Gasteiger partial charge in [0.15, 0.2) is 5.78 Å². The van der Waals surface area contributed by atoms with Crippen LogP contribution in [-0.2, 0) is 4.79 Å². The number of carbonyl (C=O) groups is 2. The Morgan fingerprint density at radius 2 is 2.00 bits per heavy atom. The molecule has 0 spiro atoms. The van der Waals surface area contributed by atoms with E-state index in [4.69, 9.17) is 16.3 Å². The number of rotatable bonds is 2. The van der Waals surface area contributed by atoms with Crippen molar-refractivity contribution in [3.63, 3.8) is 0 Å². The van der Waals surface area contributed by atoms with E-state index in [1.54, 1.807) is 6.07 Å². The molecule has 0 saturated heterocycles. The lowest BCUT2D eigenvalue weighted by molar-refractivity contribution is -0.135. The van der Waals surface area contributed by atoms with E-state index in [0.717, 1.165) is 0 Å². The van der Waals surface area contributed by atoms with E-state index in [0.29, 0.717) is 11.1 Å². The van der Waals surface area contributed by atoms with Crippen LogP contribution in [0.15, 0.2) is 30.3 Å². The van der Waals surface area contributed by atoms with Crippen LogP contribution in [0.2, 0.25) is 5.02 Å². The predicted molar refractivity (Wildman–Crippen MR) is 83.3 cm³/mol. The average Bonchev–Trinajstić information content (AvgIpc) is 2.49. The van der Waals surface area contributed by atoms with Crippen molar-refractivity contribution in [1.29, 1.82) is 0 Å². The van der Waals surface area contributed by atoms with Gasteiger partial charge in [-0.05, 0) is 36.8 Å². The first-order chi connectivity index (χ1) is 10.9. The van der Waals surface area contributed by atoms with Crippen molar-refractivity contribution >= 4 is 23.4 Å². The molecule has 3 rings (SSSR count). The van der Waals surface area contributed by atoms with E-state index in [2.05, 4.69) is 0 Å². The molecule has 2 aromatic carbocycles. The monoisotopic (exact) mass is 332 g/mol. The fraction of sp³-hybridized carbons (Fsp3) is 0.176. The molecule has 6 heteroatoms. The maximum atomic E-state index is 11.8. The highest BCUT2D eigenvalue weighted by atomic mass is 35.5. The second-order valence-corrected chi connectivity index (χ2v) is 5.78. The molecule has 0 amide bonds. The summed E-state index contributed by atoms with van der Waals surface area (Å²) in [4.78, 5) is 23.5. The van der Waals surface area contributed by atoms with Crippen molar-refractivity contribution in [2.24, 2.45) is 0 Å². The van der Waals surface area contributed by atoms with Crippen molar-refractivity contribution in [3.8, 4) is 17.2 Å². The number of hydrogen-bond acceptors (Lipinski definition) is 5. The Kier molecular flexibility index (Phi) is 3.74. The van der Waals surface area contributed by atoms with Crippen LogP contribution in [0, 0.1) is 0 Å². The first kappa shape index (κ1) is 15.4. The molecule has 2 N–H and O–H groups in total. The Bertz CT molecular complexity index is 828. The molecule has 0 saturated carbocycles. The molecule has 0 aromatic heterocycles. The number of benzene rings is 2. The van der Waals surface area contributed by atoms with Crippen molar-refractivity contribution in [3.05, 3.63) is 52.0 Å². The molecule has 2 aromatic rings. The molecule has 23 heavy (non-hydrogen) atoms. The minimum Gasteiger partial charge on any atom is -0.507 e. The van der Waals surface area contributed by atoms with Crippen LogP contribution in [0.3, 0.4) is 0 Å². The molecular formula is C17H13ClO5. The number of fused-ring (bicyclic) bond motifs is 1. The zero-order chi connectivity index (χ0) is 16.7. The predicted octanol–water partition coefficient (Wildman–Crippen LogP) is 3.39. The number of ketones is 1. The summed E-state index contributed by atoms with van der Waals surface area (Å²) in [7, 11) is 0.